The molecule has 3 atom stereocenters. The fourth-order valence-corrected chi connectivity index (χ4v) is 2.69. The molecule has 0 radical (unpaired) electrons. The fourth-order valence-electron chi connectivity index (χ4n) is 2.69. The van der Waals surface area contributed by atoms with Crippen LogP contribution in [-0.2, 0) is 0 Å². The minimum Gasteiger partial charge on any atom is -0.392 e. The molecule has 0 amide bonds. The molecule has 3 nitrogen and oxygen atoms in total. The molecule has 0 aromatic rings. The lowest BCUT2D eigenvalue weighted by atomic mass is 10.1. The van der Waals surface area contributed by atoms with Crippen LogP contribution in [0.3, 0.4) is 0 Å². The van der Waals surface area contributed by atoms with Crippen LogP contribution in [0.4, 0.5) is 0 Å². The van der Waals surface area contributed by atoms with Gasteiger partial charge in [-0.1, -0.05) is 6.92 Å². The molecule has 1 heterocycles. The van der Waals surface area contributed by atoms with Crippen LogP contribution in [-0.4, -0.2) is 47.8 Å². The van der Waals surface area contributed by atoms with Gasteiger partial charge in [0.15, 0.2) is 0 Å². The van der Waals surface area contributed by atoms with Crippen molar-refractivity contribution < 1.29 is 5.11 Å². The standard InChI is InChI=1S/C11H22N2O/c1-2-13-7-6-9(8-13)12-10-4-3-5-11(10)14/h9-12,14H,2-8H2,1H3/t9?,10-,11-/m0/s1. The summed E-state index contributed by atoms with van der Waals surface area (Å²) < 4.78 is 0. The van der Waals surface area contributed by atoms with E-state index in [4.69, 9.17) is 0 Å². The molecule has 3 heteroatoms. The molecule has 0 spiro atoms. The second-order valence-corrected chi connectivity index (χ2v) is 4.65. The van der Waals surface area contributed by atoms with Crippen molar-refractivity contribution >= 4 is 0 Å². The smallest absolute Gasteiger partial charge is 0.0693 e. The zero-order chi connectivity index (χ0) is 9.97. The molecule has 2 N–H and O–H groups in total. The van der Waals surface area contributed by atoms with Gasteiger partial charge in [0.2, 0.25) is 0 Å². The molecule has 1 saturated carbocycles. The second-order valence-electron chi connectivity index (χ2n) is 4.65. The Hall–Kier alpha value is -0.120. The van der Waals surface area contributed by atoms with Crippen molar-refractivity contribution in [2.75, 3.05) is 19.6 Å². The summed E-state index contributed by atoms with van der Waals surface area (Å²) in [5.41, 5.74) is 0. The van der Waals surface area contributed by atoms with E-state index in [9.17, 15) is 5.11 Å². The highest BCUT2D eigenvalue weighted by atomic mass is 16.3. The van der Waals surface area contributed by atoms with Gasteiger partial charge in [-0.05, 0) is 38.8 Å². The summed E-state index contributed by atoms with van der Waals surface area (Å²) in [6.07, 6.45) is 4.48. The van der Waals surface area contributed by atoms with Crippen LogP contribution in [0.15, 0.2) is 0 Å². The van der Waals surface area contributed by atoms with E-state index in [1.807, 2.05) is 0 Å². The van der Waals surface area contributed by atoms with Crippen LogP contribution in [0.1, 0.15) is 32.6 Å². The predicted octanol–water partition coefficient (Wildman–Crippen LogP) is 0.584. The van der Waals surface area contributed by atoms with Gasteiger partial charge in [0.05, 0.1) is 6.10 Å². The largest absolute Gasteiger partial charge is 0.392 e. The Bertz CT molecular complexity index is 186. The Labute approximate surface area is 86.5 Å². The first-order valence-electron chi connectivity index (χ1n) is 5.96. The van der Waals surface area contributed by atoms with Crippen LogP contribution < -0.4 is 5.32 Å². The zero-order valence-electron chi connectivity index (χ0n) is 9.08. The van der Waals surface area contributed by atoms with Crippen molar-refractivity contribution in [2.45, 2.75) is 50.8 Å². The van der Waals surface area contributed by atoms with Crippen molar-refractivity contribution in [2.24, 2.45) is 0 Å². The number of nitrogens with one attached hydrogen (secondary N) is 1. The highest BCUT2D eigenvalue weighted by molar-refractivity contribution is 4.89. The van der Waals surface area contributed by atoms with E-state index in [1.54, 1.807) is 0 Å². The number of hydrogen-bond donors (Lipinski definition) is 2. The van der Waals surface area contributed by atoms with E-state index in [0.29, 0.717) is 12.1 Å². The Morgan fingerprint density at radius 3 is 2.79 bits per heavy atom. The minimum atomic E-state index is -0.0920. The fraction of sp³-hybridized carbons (Fsp3) is 1.00. The van der Waals surface area contributed by atoms with E-state index in [-0.39, 0.29) is 6.10 Å². The van der Waals surface area contributed by atoms with Crippen molar-refractivity contribution in [1.29, 1.82) is 0 Å². The molecule has 0 aromatic heterocycles. The van der Waals surface area contributed by atoms with E-state index >= 15 is 0 Å². The molecule has 2 rings (SSSR count). The highest BCUT2D eigenvalue weighted by Crippen LogP contribution is 2.20. The topological polar surface area (TPSA) is 35.5 Å². The van der Waals surface area contributed by atoms with E-state index in [2.05, 4.69) is 17.1 Å². The van der Waals surface area contributed by atoms with Crippen LogP contribution in [0.2, 0.25) is 0 Å². The molecule has 0 bridgehead atoms. The van der Waals surface area contributed by atoms with E-state index in [0.717, 1.165) is 19.4 Å². The molecular formula is C11H22N2O. The Kier molecular flexibility index (Phi) is 3.42. The molecule has 1 unspecified atom stereocenters. The van der Waals surface area contributed by atoms with Gasteiger partial charge < -0.3 is 15.3 Å². The van der Waals surface area contributed by atoms with Gasteiger partial charge in [-0.15, -0.1) is 0 Å². The van der Waals surface area contributed by atoms with Gasteiger partial charge in [-0.25, -0.2) is 0 Å². The third-order valence-corrected chi connectivity index (χ3v) is 3.65. The second kappa shape index (κ2) is 4.60. The van der Waals surface area contributed by atoms with E-state index in [1.165, 1.54) is 25.9 Å². The highest BCUT2D eigenvalue weighted by Gasteiger charge is 2.29. The molecule has 2 aliphatic rings. The Morgan fingerprint density at radius 2 is 2.21 bits per heavy atom. The van der Waals surface area contributed by atoms with Crippen LogP contribution in [0.5, 0.6) is 0 Å². The van der Waals surface area contributed by atoms with Crippen molar-refractivity contribution in [3.05, 3.63) is 0 Å². The average Bonchev–Trinajstić information content (AvgIpc) is 2.77. The number of aliphatic hydroxyl groups excluding tert-OH is 1. The van der Waals surface area contributed by atoms with Crippen molar-refractivity contribution in [3.63, 3.8) is 0 Å². The lowest BCUT2D eigenvalue weighted by Gasteiger charge is -2.21. The maximum Gasteiger partial charge on any atom is 0.0693 e. The Morgan fingerprint density at radius 1 is 1.36 bits per heavy atom. The van der Waals surface area contributed by atoms with Gasteiger partial charge in [0.25, 0.3) is 0 Å². The quantitative estimate of drug-likeness (QED) is 0.696. The van der Waals surface area contributed by atoms with Crippen LogP contribution in [0, 0.1) is 0 Å². The van der Waals surface area contributed by atoms with Crippen LogP contribution in [0.25, 0.3) is 0 Å². The third kappa shape index (κ3) is 2.27. The summed E-state index contributed by atoms with van der Waals surface area (Å²) in [5.74, 6) is 0. The predicted molar refractivity (Wildman–Crippen MR) is 57.3 cm³/mol. The Balaban J connectivity index is 1.75. The number of likely N-dealkylation sites (tertiary alicyclic amines) is 1. The van der Waals surface area contributed by atoms with Gasteiger partial charge in [-0.2, -0.15) is 0 Å². The van der Waals surface area contributed by atoms with Crippen molar-refractivity contribution in [1.82, 2.24) is 10.2 Å². The average molecular weight is 198 g/mol. The molecule has 1 aliphatic carbocycles. The summed E-state index contributed by atoms with van der Waals surface area (Å²) >= 11 is 0. The summed E-state index contributed by atoms with van der Waals surface area (Å²) in [6.45, 7) is 5.76. The molecular weight excluding hydrogens is 176 g/mol. The number of hydrogen-bond acceptors (Lipinski definition) is 3. The van der Waals surface area contributed by atoms with Gasteiger partial charge in [-0.3, -0.25) is 0 Å². The zero-order valence-corrected chi connectivity index (χ0v) is 9.08. The molecule has 0 aromatic carbocycles. The number of rotatable bonds is 3. The molecule has 2 fully saturated rings. The summed E-state index contributed by atoms with van der Waals surface area (Å²) in [7, 11) is 0. The molecule has 82 valence electrons. The molecule has 1 aliphatic heterocycles. The van der Waals surface area contributed by atoms with Gasteiger partial charge >= 0.3 is 0 Å². The summed E-state index contributed by atoms with van der Waals surface area (Å²) in [6, 6.07) is 0.990. The first-order chi connectivity index (χ1) is 6.79. The SMILES string of the molecule is CCN1CCC(N[C@H]2CCC[C@@H]2O)C1. The first-order valence-corrected chi connectivity index (χ1v) is 5.96. The third-order valence-electron chi connectivity index (χ3n) is 3.65. The van der Waals surface area contributed by atoms with Gasteiger partial charge in [0.1, 0.15) is 0 Å². The maximum absolute atomic E-state index is 9.70. The molecule has 14 heavy (non-hydrogen) atoms. The number of likely N-dealkylation sites (N-methyl/N-ethyl adjacent to an activating group) is 1. The van der Waals surface area contributed by atoms with Crippen molar-refractivity contribution in [3.8, 4) is 0 Å². The monoisotopic (exact) mass is 198 g/mol. The van der Waals surface area contributed by atoms with E-state index < -0.39 is 0 Å². The lowest BCUT2D eigenvalue weighted by Crippen LogP contribution is -2.43. The summed E-state index contributed by atoms with van der Waals surface area (Å²) in [4.78, 5) is 2.47. The molecule has 1 saturated heterocycles. The first kappa shape index (κ1) is 10.4. The minimum absolute atomic E-state index is 0.0920. The normalized spacial score (nSPS) is 39.4. The maximum atomic E-state index is 9.70. The lowest BCUT2D eigenvalue weighted by molar-refractivity contribution is 0.143. The number of aliphatic hydroxyl groups is 1. The van der Waals surface area contributed by atoms with Crippen LogP contribution >= 0.6 is 0 Å². The van der Waals surface area contributed by atoms with Gasteiger partial charge in [0, 0.05) is 18.6 Å². The number of nitrogens with zero attached hydrogens (tertiary/aromatic N) is 1. The summed E-state index contributed by atoms with van der Waals surface area (Å²) in [5, 5.41) is 13.3.